The molecule has 1 amide bonds. The van der Waals surface area contributed by atoms with E-state index in [-0.39, 0.29) is 5.91 Å². The summed E-state index contributed by atoms with van der Waals surface area (Å²) < 4.78 is 0. The van der Waals surface area contributed by atoms with Crippen molar-refractivity contribution in [1.29, 1.82) is 0 Å². The van der Waals surface area contributed by atoms with E-state index in [0.717, 1.165) is 41.7 Å². The van der Waals surface area contributed by atoms with Crippen molar-refractivity contribution in [2.75, 3.05) is 18.0 Å². The molecule has 2 aliphatic rings. The summed E-state index contributed by atoms with van der Waals surface area (Å²) in [4.78, 5) is 17.8. The number of hydrogen-bond donors (Lipinski definition) is 1. The monoisotopic (exact) mass is 307 g/mol. The molecule has 2 fully saturated rings. The van der Waals surface area contributed by atoms with Crippen LogP contribution in [0.3, 0.4) is 0 Å². The van der Waals surface area contributed by atoms with Gasteiger partial charge in [0.1, 0.15) is 0 Å². The minimum Gasteiger partial charge on any atom is -0.311 e. The lowest BCUT2D eigenvalue weighted by Gasteiger charge is -2.16. The Bertz CT molecular complexity index is 481. The maximum atomic E-state index is 11.5. The molecule has 1 aromatic heterocycles. The van der Waals surface area contributed by atoms with E-state index in [9.17, 15) is 4.79 Å². The number of hydrogen-bond acceptors (Lipinski definition) is 4. The third kappa shape index (κ3) is 3.83. The SMILES string of the molecule is CCN(C(C)=O)c1nc(CNCC(C2CC2)C2CC2)cs1. The van der Waals surface area contributed by atoms with Gasteiger partial charge in [-0.25, -0.2) is 4.98 Å². The molecule has 2 saturated carbocycles. The first-order valence-corrected chi connectivity index (χ1v) is 9.00. The van der Waals surface area contributed by atoms with Crippen LogP contribution in [0.2, 0.25) is 0 Å². The van der Waals surface area contributed by atoms with Gasteiger partial charge >= 0.3 is 0 Å². The number of rotatable bonds is 8. The van der Waals surface area contributed by atoms with E-state index in [4.69, 9.17) is 0 Å². The molecule has 21 heavy (non-hydrogen) atoms. The first-order chi connectivity index (χ1) is 10.2. The van der Waals surface area contributed by atoms with E-state index in [1.54, 1.807) is 23.2 Å². The molecule has 4 nitrogen and oxygen atoms in total. The van der Waals surface area contributed by atoms with E-state index in [1.165, 1.54) is 25.7 Å². The molecule has 3 rings (SSSR count). The van der Waals surface area contributed by atoms with Crippen molar-refractivity contribution in [2.45, 2.75) is 46.1 Å². The molecule has 1 N–H and O–H groups in total. The third-order valence-corrected chi connectivity index (χ3v) is 5.52. The fourth-order valence-corrected chi connectivity index (χ4v) is 4.06. The second-order valence-electron chi connectivity index (χ2n) is 6.35. The Hall–Kier alpha value is -0.940. The van der Waals surface area contributed by atoms with E-state index in [1.807, 2.05) is 6.92 Å². The zero-order valence-electron chi connectivity index (χ0n) is 13.0. The predicted octanol–water partition coefficient (Wildman–Crippen LogP) is 3.04. The van der Waals surface area contributed by atoms with E-state index in [0.29, 0.717) is 6.54 Å². The minimum atomic E-state index is 0.0638. The number of amides is 1. The second-order valence-corrected chi connectivity index (χ2v) is 7.19. The Labute approximate surface area is 130 Å². The van der Waals surface area contributed by atoms with Gasteiger partial charge in [0, 0.05) is 25.4 Å². The molecule has 0 saturated heterocycles. The standard InChI is InChI=1S/C16H25N3OS/c1-3-19(11(2)20)16-18-14(10-21-16)8-17-9-15(12-4-5-12)13-6-7-13/h10,12-13,15,17H,3-9H2,1-2H3. The Morgan fingerprint density at radius 2 is 2.10 bits per heavy atom. The summed E-state index contributed by atoms with van der Waals surface area (Å²) in [6.45, 7) is 6.21. The quantitative estimate of drug-likeness (QED) is 0.803. The van der Waals surface area contributed by atoms with Gasteiger partial charge in [-0.2, -0.15) is 0 Å². The molecule has 0 spiro atoms. The fourth-order valence-electron chi connectivity index (χ4n) is 3.13. The van der Waals surface area contributed by atoms with E-state index < -0.39 is 0 Å². The van der Waals surface area contributed by atoms with Gasteiger partial charge < -0.3 is 5.32 Å². The van der Waals surface area contributed by atoms with Crippen LogP contribution in [-0.2, 0) is 11.3 Å². The Morgan fingerprint density at radius 1 is 1.43 bits per heavy atom. The average Bonchev–Trinajstić information content (AvgIpc) is 3.36. The molecule has 116 valence electrons. The normalized spacial score (nSPS) is 18.2. The summed E-state index contributed by atoms with van der Waals surface area (Å²) in [6, 6.07) is 0. The molecule has 1 aromatic rings. The molecule has 1 heterocycles. The van der Waals surface area contributed by atoms with Crippen molar-refractivity contribution in [3.05, 3.63) is 11.1 Å². The van der Waals surface area contributed by atoms with Crippen molar-refractivity contribution < 1.29 is 4.79 Å². The third-order valence-electron chi connectivity index (χ3n) is 4.61. The van der Waals surface area contributed by atoms with Gasteiger partial charge in [0.15, 0.2) is 5.13 Å². The highest BCUT2D eigenvalue weighted by atomic mass is 32.1. The fraction of sp³-hybridized carbons (Fsp3) is 0.750. The lowest BCUT2D eigenvalue weighted by atomic mass is 9.98. The van der Waals surface area contributed by atoms with Crippen molar-refractivity contribution in [3.63, 3.8) is 0 Å². The number of anilines is 1. The van der Waals surface area contributed by atoms with Crippen LogP contribution in [0.4, 0.5) is 5.13 Å². The van der Waals surface area contributed by atoms with Gasteiger partial charge in [-0.15, -0.1) is 11.3 Å². The van der Waals surface area contributed by atoms with Crippen molar-refractivity contribution >= 4 is 22.4 Å². The highest BCUT2D eigenvalue weighted by molar-refractivity contribution is 7.14. The number of thiazole rings is 1. The zero-order chi connectivity index (χ0) is 14.8. The zero-order valence-corrected chi connectivity index (χ0v) is 13.8. The van der Waals surface area contributed by atoms with Crippen LogP contribution in [-0.4, -0.2) is 24.0 Å². The molecule has 2 aliphatic carbocycles. The van der Waals surface area contributed by atoms with Crippen LogP contribution >= 0.6 is 11.3 Å². The summed E-state index contributed by atoms with van der Waals surface area (Å²) in [6.07, 6.45) is 5.75. The van der Waals surface area contributed by atoms with Gasteiger partial charge in [0.2, 0.25) is 5.91 Å². The topological polar surface area (TPSA) is 45.2 Å². The number of carbonyl (C=O) groups is 1. The van der Waals surface area contributed by atoms with E-state index in [2.05, 4.69) is 15.7 Å². The maximum absolute atomic E-state index is 11.5. The Balaban J connectivity index is 1.49. The summed E-state index contributed by atoms with van der Waals surface area (Å²) in [7, 11) is 0. The molecule has 0 radical (unpaired) electrons. The van der Waals surface area contributed by atoms with Crippen molar-refractivity contribution in [1.82, 2.24) is 10.3 Å². The number of nitrogens with one attached hydrogen (secondary N) is 1. The van der Waals surface area contributed by atoms with Crippen LogP contribution in [0.1, 0.15) is 45.2 Å². The van der Waals surface area contributed by atoms with Gasteiger partial charge in [0.05, 0.1) is 5.69 Å². The average molecular weight is 307 g/mol. The van der Waals surface area contributed by atoms with Gasteiger partial charge in [-0.1, -0.05) is 0 Å². The van der Waals surface area contributed by atoms with Crippen LogP contribution in [0, 0.1) is 17.8 Å². The molecule has 0 bridgehead atoms. The van der Waals surface area contributed by atoms with Crippen LogP contribution in [0.25, 0.3) is 0 Å². The first-order valence-electron chi connectivity index (χ1n) is 8.12. The van der Waals surface area contributed by atoms with Gasteiger partial charge in [-0.05, 0) is 56.9 Å². The highest BCUT2D eigenvalue weighted by Gasteiger charge is 2.40. The molecule has 0 aliphatic heterocycles. The molecule has 5 heteroatoms. The number of aromatic nitrogens is 1. The second kappa shape index (κ2) is 6.44. The van der Waals surface area contributed by atoms with Crippen molar-refractivity contribution in [2.24, 2.45) is 17.8 Å². The molecular formula is C16H25N3OS. The lowest BCUT2D eigenvalue weighted by molar-refractivity contribution is -0.116. The maximum Gasteiger partial charge on any atom is 0.225 e. The number of nitrogens with zero attached hydrogens (tertiary/aromatic N) is 2. The summed E-state index contributed by atoms with van der Waals surface area (Å²) in [5, 5.41) is 6.47. The lowest BCUT2D eigenvalue weighted by Crippen LogP contribution is -2.28. The van der Waals surface area contributed by atoms with Crippen LogP contribution in [0.5, 0.6) is 0 Å². The largest absolute Gasteiger partial charge is 0.311 e. The van der Waals surface area contributed by atoms with E-state index >= 15 is 0 Å². The highest BCUT2D eigenvalue weighted by Crippen LogP contribution is 2.48. The Kier molecular flexibility index (Phi) is 4.60. The van der Waals surface area contributed by atoms with Gasteiger partial charge in [0.25, 0.3) is 0 Å². The molecule has 0 atom stereocenters. The summed E-state index contributed by atoms with van der Waals surface area (Å²) in [5.74, 6) is 2.94. The van der Waals surface area contributed by atoms with Gasteiger partial charge in [-0.3, -0.25) is 9.69 Å². The molecule has 0 unspecified atom stereocenters. The summed E-state index contributed by atoms with van der Waals surface area (Å²) >= 11 is 1.56. The molecule has 0 aromatic carbocycles. The first kappa shape index (κ1) is 15.0. The smallest absolute Gasteiger partial charge is 0.225 e. The summed E-state index contributed by atoms with van der Waals surface area (Å²) in [5.41, 5.74) is 1.06. The minimum absolute atomic E-state index is 0.0638. The number of carbonyl (C=O) groups excluding carboxylic acids is 1. The van der Waals surface area contributed by atoms with Crippen LogP contribution in [0.15, 0.2) is 5.38 Å². The predicted molar refractivity (Wildman–Crippen MR) is 86.5 cm³/mol. The molecular weight excluding hydrogens is 282 g/mol. The van der Waals surface area contributed by atoms with Crippen LogP contribution < -0.4 is 10.2 Å². The van der Waals surface area contributed by atoms with Crippen molar-refractivity contribution in [3.8, 4) is 0 Å². The Morgan fingerprint density at radius 3 is 2.62 bits per heavy atom.